The maximum atomic E-state index is 12.6. The van der Waals surface area contributed by atoms with Crippen molar-refractivity contribution < 1.29 is 28.6 Å². The Morgan fingerprint density at radius 1 is 1.10 bits per heavy atom. The van der Waals surface area contributed by atoms with Crippen molar-refractivity contribution in [3.63, 3.8) is 0 Å². The molecule has 0 unspecified atom stereocenters. The number of carbonyl (C=O) groups is 2. The van der Waals surface area contributed by atoms with Crippen molar-refractivity contribution in [3.05, 3.63) is 69.6 Å². The first-order valence-electron chi connectivity index (χ1n) is 9.11. The number of aryl methyl sites for hydroxylation is 1. The van der Waals surface area contributed by atoms with Gasteiger partial charge >= 0.3 is 11.6 Å². The van der Waals surface area contributed by atoms with Crippen LogP contribution >= 0.6 is 0 Å². The van der Waals surface area contributed by atoms with Crippen LogP contribution in [0.4, 0.5) is 0 Å². The van der Waals surface area contributed by atoms with E-state index in [1.54, 1.807) is 49.4 Å². The van der Waals surface area contributed by atoms with E-state index in [4.69, 9.17) is 13.9 Å². The molecule has 2 aromatic carbocycles. The van der Waals surface area contributed by atoms with Crippen molar-refractivity contribution in [1.82, 2.24) is 5.32 Å². The van der Waals surface area contributed by atoms with Gasteiger partial charge in [-0.15, -0.1) is 0 Å². The van der Waals surface area contributed by atoms with E-state index in [2.05, 4.69) is 5.32 Å². The summed E-state index contributed by atoms with van der Waals surface area (Å²) in [6.07, 6.45) is -0.324. The molecule has 0 saturated heterocycles. The van der Waals surface area contributed by atoms with Crippen molar-refractivity contribution in [2.75, 3.05) is 14.2 Å². The molecule has 0 aliphatic carbocycles. The van der Waals surface area contributed by atoms with E-state index in [0.29, 0.717) is 22.3 Å². The molecule has 1 aromatic heterocycles. The molecule has 0 aliphatic heterocycles. The summed E-state index contributed by atoms with van der Waals surface area (Å²) in [5.41, 5.74) is 0.635. The number of benzene rings is 2. The van der Waals surface area contributed by atoms with Gasteiger partial charge in [0.2, 0.25) is 11.7 Å². The molecule has 0 radical (unpaired) electrons. The van der Waals surface area contributed by atoms with Gasteiger partial charge in [-0.1, -0.05) is 30.3 Å². The lowest BCUT2D eigenvalue weighted by molar-refractivity contribution is -0.142. The SMILES string of the molecule is COc1ccc2c(C)c(CC(=O)N[C@@H](C(=O)O)c3ccccc3)c(=O)oc2c1OC. The summed E-state index contributed by atoms with van der Waals surface area (Å²) >= 11 is 0. The molecule has 1 amide bonds. The van der Waals surface area contributed by atoms with Crippen LogP contribution in [0.1, 0.15) is 22.7 Å². The van der Waals surface area contributed by atoms with Crippen LogP contribution in [0.5, 0.6) is 11.5 Å². The van der Waals surface area contributed by atoms with Crippen molar-refractivity contribution in [2.24, 2.45) is 0 Å². The Kier molecular flexibility index (Phi) is 6.06. The Morgan fingerprint density at radius 3 is 2.40 bits per heavy atom. The van der Waals surface area contributed by atoms with Crippen molar-refractivity contribution in [2.45, 2.75) is 19.4 Å². The van der Waals surface area contributed by atoms with Crippen LogP contribution in [0.2, 0.25) is 0 Å². The standard InChI is InChI=1S/C22H21NO7/c1-12-14-9-10-16(28-2)20(29-3)19(14)30-22(27)15(12)11-17(24)23-18(21(25)26)13-7-5-4-6-8-13/h4-10,18H,11H2,1-3H3,(H,23,24)(H,25,26)/t18-/m1/s1. The van der Waals surface area contributed by atoms with Gasteiger partial charge in [0.25, 0.3) is 0 Å². The Morgan fingerprint density at radius 2 is 1.80 bits per heavy atom. The number of aliphatic carboxylic acids is 1. The van der Waals surface area contributed by atoms with Crippen LogP contribution in [0.25, 0.3) is 11.0 Å². The predicted octanol–water partition coefficient (Wildman–Crippen LogP) is 2.60. The van der Waals surface area contributed by atoms with Crippen LogP contribution in [0, 0.1) is 6.92 Å². The van der Waals surface area contributed by atoms with Gasteiger partial charge in [-0.3, -0.25) is 4.79 Å². The molecule has 0 aliphatic rings. The van der Waals surface area contributed by atoms with Crippen LogP contribution in [0.15, 0.2) is 51.7 Å². The first kappa shape index (κ1) is 20.9. The van der Waals surface area contributed by atoms with Crippen molar-refractivity contribution in [3.8, 4) is 11.5 Å². The van der Waals surface area contributed by atoms with Gasteiger partial charge in [-0.25, -0.2) is 9.59 Å². The third kappa shape index (κ3) is 3.98. The summed E-state index contributed by atoms with van der Waals surface area (Å²) in [6.45, 7) is 1.69. The third-order valence-corrected chi connectivity index (χ3v) is 4.82. The van der Waals surface area contributed by atoms with Crippen LogP contribution in [-0.2, 0) is 16.0 Å². The number of methoxy groups -OCH3 is 2. The molecule has 1 heterocycles. The van der Waals surface area contributed by atoms with E-state index in [0.717, 1.165) is 0 Å². The number of nitrogens with one attached hydrogen (secondary N) is 1. The molecule has 156 valence electrons. The number of carboxylic acid groups (broad SMARTS) is 1. The lowest BCUT2D eigenvalue weighted by Gasteiger charge is -2.16. The normalized spacial score (nSPS) is 11.7. The van der Waals surface area contributed by atoms with Gasteiger partial charge in [-0.2, -0.15) is 0 Å². The highest BCUT2D eigenvalue weighted by Gasteiger charge is 2.24. The van der Waals surface area contributed by atoms with Crippen molar-refractivity contribution in [1.29, 1.82) is 0 Å². The van der Waals surface area contributed by atoms with E-state index in [1.165, 1.54) is 14.2 Å². The monoisotopic (exact) mass is 411 g/mol. The first-order valence-corrected chi connectivity index (χ1v) is 9.11. The molecule has 0 fully saturated rings. The average Bonchev–Trinajstić information content (AvgIpc) is 2.74. The zero-order valence-corrected chi connectivity index (χ0v) is 16.7. The maximum Gasteiger partial charge on any atom is 0.340 e. The quantitative estimate of drug-likeness (QED) is 0.574. The Hall–Kier alpha value is -3.81. The van der Waals surface area contributed by atoms with Gasteiger partial charge < -0.3 is 24.3 Å². The molecular weight excluding hydrogens is 390 g/mol. The number of rotatable bonds is 7. The number of hydrogen-bond acceptors (Lipinski definition) is 6. The zero-order chi connectivity index (χ0) is 21.8. The number of hydrogen-bond donors (Lipinski definition) is 2. The lowest BCUT2D eigenvalue weighted by Crippen LogP contribution is -2.35. The van der Waals surface area contributed by atoms with Crippen LogP contribution in [0.3, 0.4) is 0 Å². The average molecular weight is 411 g/mol. The highest BCUT2D eigenvalue weighted by molar-refractivity contribution is 5.90. The second-order valence-corrected chi connectivity index (χ2v) is 6.60. The smallest absolute Gasteiger partial charge is 0.340 e. The number of carbonyl (C=O) groups excluding carboxylic acids is 1. The summed E-state index contributed by atoms with van der Waals surface area (Å²) in [7, 11) is 2.91. The summed E-state index contributed by atoms with van der Waals surface area (Å²) in [5, 5.41) is 12.5. The molecule has 8 heteroatoms. The minimum absolute atomic E-state index is 0.143. The maximum absolute atomic E-state index is 12.6. The lowest BCUT2D eigenvalue weighted by atomic mass is 10.0. The molecular formula is C22H21NO7. The molecule has 2 N–H and O–H groups in total. The largest absolute Gasteiger partial charge is 0.493 e. The molecule has 3 rings (SSSR count). The second kappa shape index (κ2) is 8.69. The fraction of sp³-hybridized carbons (Fsp3) is 0.227. The van der Waals surface area contributed by atoms with Gasteiger partial charge in [0.05, 0.1) is 26.2 Å². The summed E-state index contributed by atoms with van der Waals surface area (Å²) in [5.74, 6) is -1.12. The number of ether oxygens (including phenoxy) is 2. The van der Waals surface area contributed by atoms with Crippen LogP contribution in [-0.4, -0.2) is 31.2 Å². The molecule has 3 aromatic rings. The topological polar surface area (TPSA) is 115 Å². The van der Waals surface area contributed by atoms with E-state index in [-0.39, 0.29) is 23.3 Å². The molecule has 0 spiro atoms. The van der Waals surface area contributed by atoms with Crippen molar-refractivity contribution >= 4 is 22.8 Å². The Bertz CT molecular complexity index is 1150. The Balaban J connectivity index is 1.94. The summed E-state index contributed by atoms with van der Waals surface area (Å²) < 4.78 is 15.9. The number of amides is 1. The van der Waals surface area contributed by atoms with E-state index in [1.807, 2.05) is 0 Å². The molecule has 8 nitrogen and oxygen atoms in total. The minimum Gasteiger partial charge on any atom is -0.493 e. The molecule has 0 saturated carbocycles. The van der Waals surface area contributed by atoms with Gasteiger partial charge in [0, 0.05) is 5.39 Å². The van der Waals surface area contributed by atoms with Gasteiger partial charge in [-0.05, 0) is 30.2 Å². The molecule has 0 bridgehead atoms. The van der Waals surface area contributed by atoms with E-state index < -0.39 is 23.5 Å². The number of carboxylic acids is 1. The predicted molar refractivity (Wildman–Crippen MR) is 109 cm³/mol. The summed E-state index contributed by atoms with van der Waals surface area (Å²) in [4.78, 5) is 36.8. The third-order valence-electron chi connectivity index (χ3n) is 4.82. The second-order valence-electron chi connectivity index (χ2n) is 6.60. The summed E-state index contributed by atoms with van der Waals surface area (Å²) in [6, 6.07) is 10.5. The molecule has 30 heavy (non-hydrogen) atoms. The zero-order valence-electron chi connectivity index (χ0n) is 16.7. The van der Waals surface area contributed by atoms with Crippen LogP contribution < -0.4 is 20.4 Å². The number of fused-ring (bicyclic) bond motifs is 1. The molecule has 1 atom stereocenters. The fourth-order valence-corrected chi connectivity index (χ4v) is 3.28. The highest BCUT2D eigenvalue weighted by Crippen LogP contribution is 2.36. The van der Waals surface area contributed by atoms with E-state index in [9.17, 15) is 19.5 Å². The first-order chi connectivity index (χ1) is 14.4. The van der Waals surface area contributed by atoms with E-state index >= 15 is 0 Å². The van der Waals surface area contributed by atoms with Gasteiger partial charge in [0.1, 0.15) is 0 Å². The fourth-order valence-electron chi connectivity index (χ4n) is 3.28. The highest BCUT2D eigenvalue weighted by atomic mass is 16.5. The Labute approximate surface area is 172 Å². The van der Waals surface area contributed by atoms with Gasteiger partial charge in [0.15, 0.2) is 17.4 Å². The minimum atomic E-state index is -1.23.